The molecule has 38 heavy (non-hydrogen) atoms. The molecule has 1 aromatic heterocycles. The lowest BCUT2D eigenvalue weighted by atomic mass is 10.0. The monoisotopic (exact) mass is 537 g/mol. The number of pyridine rings is 1. The summed E-state index contributed by atoms with van der Waals surface area (Å²) in [6.45, 7) is 0. The summed E-state index contributed by atoms with van der Waals surface area (Å²) in [5.74, 6) is -18.0. The smallest absolute Gasteiger partial charge is 0.185 e. The number of benzene rings is 4. The summed E-state index contributed by atoms with van der Waals surface area (Å²) in [5, 5.41) is 2.18. The van der Waals surface area contributed by atoms with Crippen molar-refractivity contribution in [3.05, 3.63) is 89.0 Å². The molecule has 0 amide bonds. The van der Waals surface area contributed by atoms with Crippen LogP contribution >= 0.6 is 0 Å². The van der Waals surface area contributed by atoms with Crippen LogP contribution in [0.5, 0.6) is 0 Å². The van der Waals surface area contributed by atoms with E-state index in [1.807, 2.05) is 36.4 Å². The molecule has 0 aliphatic rings. The lowest BCUT2D eigenvalue weighted by Gasteiger charge is -2.13. The SMILES string of the molecule is Nc1c(F)c(F)c(-c2c(F)c(F)c(N)c(F)c2F)c(F)c1F.Nc1ccc2cc3ccc(N)cc3nc2c1. The molecule has 0 atom stereocenters. The van der Waals surface area contributed by atoms with Crippen molar-refractivity contribution in [3.63, 3.8) is 0 Å². The van der Waals surface area contributed by atoms with Gasteiger partial charge in [-0.05, 0) is 30.3 Å². The van der Waals surface area contributed by atoms with E-state index in [4.69, 9.17) is 22.9 Å². The molecule has 0 aliphatic carbocycles. The first-order chi connectivity index (χ1) is 17.8. The van der Waals surface area contributed by atoms with Crippen LogP contribution < -0.4 is 22.9 Å². The molecule has 8 N–H and O–H groups in total. The Labute approximate surface area is 208 Å². The minimum Gasteiger partial charge on any atom is -0.399 e. The van der Waals surface area contributed by atoms with E-state index in [1.165, 1.54) is 0 Å². The van der Waals surface area contributed by atoms with Gasteiger partial charge in [-0.1, -0.05) is 12.1 Å². The summed E-state index contributed by atoms with van der Waals surface area (Å²) in [4.78, 5) is 4.54. The molecular weight excluding hydrogens is 522 g/mol. The van der Waals surface area contributed by atoms with E-state index in [0.717, 1.165) is 33.2 Å². The first-order valence-electron chi connectivity index (χ1n) is 10.4. The van der Waals surface area contributed by atoms with E-state index in [-0.39, 0.29) is 0 Å². The number of anilines is 4. The van der Waals surface area contributed by atoms with Crippen LogP contribution in [-0.2, 0) is 0 Å². The molecule has 5 aromatic rings. The Morgan fingerprint density at radius 1 is 0.421 bits per heavy atom. The number of nitrogens with zero attached hydrogens (tertiary/aromatic N) is 1. The van der Waals surface area contributed by atoms with Crippen LogP contribution in [0.1, 0.15) is 0 Å². The quantitative estimate of drug-likeness (QED) is 0.0882. The third-order valence-corrected chi connectivity index (χ3v) is 5.51. The van der Waals surface area contributed by atoms with Gasteiger partial charge >= 0.3 is 0 Å². The molecular formula is C25H15F8N5. The van der Waals surface area contributed by atoms with Crippen LogP contribution in [0.15, 0.2) is 42.5 Å². The predicted molar refractivity (Wildman–Crippen MR) is 128 cm³/mol. The highest BCUT2D eigenvalue weighted by Crippen LogP contribution is 2.39. The summed E-state index contributed by atoms with van der Waals surface area (Å²) >= 11 is 0. The molecule has 0 fully saturated rings. The number of hydrogen-bond donors (Lipinski definition) is 4. The number of fused-ring (bicyclic) bond motifs is 2. The Bertz CT molecular complexity index is 1570. The van der Waals surface area contributed by atoms with E-state index < -0.39 is 69.0 Å². The summed E-state index contributed by atoms with van der Waals surface area (Å²) in [7, 11) is 0. The van der Waals surface area contributed by atoms with Gasteiger partial charge < -0.3 is 22.9 Å². The number of halogens is 8. The van der Waals surface area contributed by atoms with Gasteiger partial charge in [-0.2, -0.15) is 0 Å². The van der Waals surface area contributed by atoms with Crippen molar-refractivity contribution in [1.82, 2.24) is 4.98 Å². The van der Waals surface area contributed by atoms with E-state index in [1.54, 1.807) is 0 Å². The van der Waals surface area contributed by atoms with Crippen LogP contribution in [0.25, 0.3) is 32.9 Å². The van der Waals surface area contributed by atoms with E-state index >= 15 is 0 Å². The fraction of sp³-hybridized carbons (Fsp3) is 0. The number of nitrogens with two attached hydrogens (primary N) is 4. The summed E-state index contributed by atoms with van der Waals surface area (Å²) < 4.78 is 108. The highest BCUT2D eigenvalue weighted by Gasteiger charge is 2.32. The lowest BCUT2D eigenvalue weighted by Crippen LogP contribution is -2.10. The molecule has 5 nitrogen and oxygen atoms in total. The Balaban J connectivity index is 0.000000185. The molecule has 5 rings (SSSR count). The van der Waals surface area contributed by atoms with Gasteiger partial charge in [0.05, 0.1) is 22.2 Å². The van der Waals surface area contributed by atoms with E-state index in [2.05, 4.69) is 11.1 Å². The average molecular weight is 537 g/mol. The largest absolute Gasteiger partial charge is 0.399 e. The van der Waals surface area contributed by atoms with Crippen LogP contribution in [0.4, 0.5) is 57.9 Å². The van der Waals surface area contributed by atoms with Crippen molar-refractivity contribution in [2.24, 2.45) is 0 Å². The van der Waals surface area contributed by atoms with E-state index in [0.29, 0.717) is 0 Å². The first-order valence-corrected chi connectivity index (χ1v) is 10.4. The van der Waals surface area contributed by atoms with Crippen molar-refractivity contribution >= 4 is 44.6 Å². The second kappa shape index (κ2) is 9.57. The molecule has 13 heteroatoms. The number of hydrogen-bond acceptors (Lipinski definition) is 5. The number of nitrogen functional groups attached to an aromatic ring is 4. The highest BCUT2D eigenvalue weighted by atomic mass is 19.2. The van der Waals surface area contributed by atoms with Crippen molar-refractivity contribution in [2.75, 3.05) is 22.9 Å². The molecule has 0 aliphatic heterocycles. The van der Waals surface area contributed by atoms with Gasteiger partial charge in [0.1, 0.15) is 11.4 Å². The zero-order valence-corrected chi connectivity index (χ0v) is 18.8. The normalized spacial score (nSPS) is 11.1. The maximum absolute atomic E-state index is 13.6. The standard InChI is InChI=1S/C13H11N3.C12H4F8N2/c14-10-3-1-8-5-9-2-4-11(15)7-13(9)16-12(8)6-10;13-3-1(4(14)8(18)11(21)7(3)17)2-5(15)9(19)12(22)10(20)6(2)16/h1-7H,14-15H2;21-22H2. The molecule has 1 heterocycles. The second-order valence-corrected chi connectivity index (χ2v) is 7.98. The molecule has 0 spiro atoms. The highest BCUT2D eigenvalue weighted by molar-refractivity contribution is 5.94. The maximum Gasteiger partial charge on any atom is 0.185 e. The Morgan fingerprint density at radius 2 is 0.737 bits per heavy atom. The summed E-state index contributed by atoms with van der Waals surface area (Å²) in [6.07, 6.45) is 0. The Hall–Kier alpha value is -4.81. The second-order valence-electron chi connectivity index (χ2n) is 7.98. The van der Waals surface area contributed by atoms with Gasteiger partial charge in [0, 0.05) is 22.1 Å². The third kappa shape index (κ3) is 4.31. The zero-order valence-electron chi connectivity index (χ0n) is 18.8. The zero-order chi connectivity index (χ0) is 28.0. The molecule has 0 unspecified atom stereocenters. The van der Waals surface area contributed by atoms with Gasteiger partial charge in [-0.25, -0.2) is 40.1 Å². The summed E-state index contributed by atoms with van der Waals surface area (Å²) in [5.41, 5.74) is 16.9. The third-order valence-electron chi connectivity index (χ3n) is 5.51. The Morgan fingerprint density at radius 3 is 1.05 bits per heavy atom. The van der Waals surface area contributed by atoms with Crippen molar-refractivity contribution in [2.45, 2.75) is 0 Å². The van der Waals surface area contributed by atoms with Crippen LogP contribution in [0, 0.1) is 46.5 Å². The van der Waals surface area contributed by atoms with Crippen LogP contribution in [-0.4, -0.2) is 4.98 Å². The maximum atomic E-state index is 13.6. The van der Waals surface area contributed by atoms with Crippen molar-refractivity contribution in [3.8, 4) is 11.1 Å². The number of aromatic nitrogens is 1. The number of rotatable bonds is 1. The van der Waals surface area contributed by atoms with Gasteiger partial charge in [0.25, 0.3) is 0 Å². The molecule has 4 aromatic carbocycles. The molecule has 0 saturated heterocycles. The molecule has 0 radical (unpaired) electrons. The van der Waals surface area contributed by atoms with Gasteiger partial charge in [-0.3, -0.25) is 0 Å². The minimum atomic E-state index is -2.32. The average Bonchev–Trinajstić information content (AvgIpc) is 2.89. The van der Waals surface area contributed by atoms with Gasteiger partial charge in [0.2, 0.25) is 0 Å². The van der Waals surface area contributed by atoms with Crippen molar-refractivity contribution < 1.29 is 35.1 Å². The summed E-state index contributed by atoms with van der Waals surface area (Å²) in [6, 6.07) is 13.6. The Kier molecular flexibility index (Phi) is 6.62. The van der Waals surface area contributed by atoms with Gasteiger partial charge in [0.15, 0.2) is 46.5 Å². The topological polar surface area (TPSA) is 117 Å². The molecule has 196 valence electrons. The van der Waals surface area contributed by atoms with Crippen LogP contribution in [0.3, 0.4) is 0 Å². The molecule has 0 saturated carbocycles. The first kappa shape index (κ1) is 26.3. The predicted octanol–water partition coefficient (Wildman–Crippen LogP) is 6.18. The van der Waals surface area contributed by atoms with Gasteiger partial charge in [-0.15, -0.1) is 0 Å². The lowest BCUT2D eigenvalue weighted by molar-refractivity contribution is 0.447. The fourth-order valence-corrected chi connectivity index (χ4v) is 3.59. The molecule has 0 bridgehead atoms. The van der Waals surface area contributed by atoms with E-state index in [9.17, 15) is 35.1 Å². The minimum absolute atomic E-state index is 0.725. The van der Waals surface area contributed by atoms with Crippen LogP contribution in [0.2, 0.25) is 0 Å². The fourth-order valence-electron chi connectivity index (χ4n) is 3.59. The van der Waals surface area contributed by atoms with Crippen molar-refractivity contribution in [1.29, 1.82) is 0 Å².